The fraction of sp³-hybridized carbons (Fsp3) is 0.125. The van der Waals surface area contributed by atoms with Crippen molar-refractivity contribution >= 4 is 16.9 Å². The maximum atomic E-state index is 6.06. The van der Waals surface area contributed by atoms with Gasteiger partial charge in [-0.2, -0.15) is 0 Å². The number of aromatic nitrogens is 2. The van der Waals surface area contributed by atoms with Gasteiger partial charge in [-0.05, 0) is 31.2 Å². The van der Waals surface area contributed by atoms with Crippen molar-refractivity contribution in [2.45, 2.75) is 6.92 Å². The Hall–Kier alpha value is -2.62. The first-order valence-corrected chi connectivity index (χ1v) is 6.36. The van der Waals surface area contributed by atoms with E-state index in [1.54, 1.807) is 7.11 Å². The van der Waals surface area contributed by atoms with E-state index in [1.807, 2.05) is 49.4 Å². The molecule has 0 spiro atoms. The first-order chi connectivity index (χ1) is 9.69. The minimum atomic E-state index is 0.410. The number of ether oxygens (including phenoxy) is 1. The van der Waals surface area contributed by atoms with Crippen molar-refractivity contribution in [1.82, 2.24) is 9.97 Å². The SMILES string of the molecule is COc1ccc(C)cc1-c1nc2ccccc2nc1N. The molecule has 4 heteroatoms. The van der Waals surface area contributed by atoms with E-state index in [2.05, 4.69) is 9.97 Å². The van der Waals surface area contributed by atoms with Crippen LogP contribution in [0.2, 0.25) is 0 Å². The topological polar surface area (TPSA) is 61.0 Å². The zero-order valence-corrected chi connectivity index (χ0v) is 11.4. The molecule has 3 aromatic rings. The molecule has 0 fully saturated rings. The first-order valence-electron chi connectivity index (χ1n) is 6.36. The highest BCUT2D eigenvalue weighted by atomic mass is 16.5. The highest BCUT2D eigenvalue weighted by Crippen LogP contribution is 2.33. The van der Waals surface area contributed by atoms with Crippen LogP contribution in [0.4, 0.5) is 5.82 Å². The van der Waals surface area contributed by atoms with Gasteiger partial charge in [0.25, 0.3) is 0 Å². The van der Waals surface area contributed by atoms with Crippen molar-refractivity contribution in [2.24, 2.45) is 0 Å². The number of aryl methyl sites for hydroxylation is 1. The summed E-state index contributed by atoms with van der Waals surface area (Å²) >= 11 is 0. The van der Waals surface area contributed by atoms with Crippen molar-refractivity contribution in [2.75, 3.05) is 12.8 Å². The van der Waals surface area contributed by atoms with E-state index in [1.165, 1.54) is 0 Å². The Balaban J connectivity index is 2.28. The Labute approximate surface area is 117 Å². The van der Waals surface area contributed by atoms with Crippen molar-refractivity contribution in [3.8, 4) is 17.0 Å². The molecule has 0 unspecified atom stereocenters. The van der Waals surface area contributed by atoms with Gasteiger partial charge in [-0.25, -0.2) is 9.97 Å². The number of anilines is 1. The van der Waals surface area contributed by atoms with Gasteiger partial charge in [0.1, 0.15) is 11.4 Å². The minimum absolute atomic E-state index is 0.410. The predicted molar refractivity (Wildman–Crippen MR) is 80.7 cm³/mol. The quantitative estimate of drug-likeness (QED) is 0.773. The summed E-state index contributed by atoms with van der Waals surface area (Å²) in [5.41, 5.74) is 10.3. The van der Waals surface area contributed by atoms with Gasteiger partial charge in [0.05, 0.1) is 18.1 Å². The molecule has 0 bridgehead atoms. The van der Waals surface area contributed by atoms with Gasteiger partial charge >= 0.3 is 0 Å². The van der Waals surface area contributed by atoms with Crippen LogP contribution in [0.5, 0.6) is 5.75 Å². The second kappa shape index (κ2) is 4.81. The Kier molecular flexibility index (Phi) is 2.99. The molecule has 20 heavy (non-hydrogen) atoms. The van der Waals surface area contributed by atoms with E-state index in [0.717, 1.165) is 27.9 Å². The number of rotatable bonds is 2. The van der Waals surface area contributed by atoms with Crippen molar-refractivity contribution in [1.29, 1.82) is 0 Å². The summed E-state index contributed by atoms with van der Waals surface area (Å²) in [6.07, 6.45) is 0. The van der Waals surface area contributed by atoms with Crippen LogP contribution in [0.15, 0.2) is 42.5 Å². The molecule has 100 valence electrons. The Bertz CT molecular complexity index is 784. The lowest BCUT2D eigenvalue weighted by Gasteiger charge is -2.11. The van der Waals surface area contributed by atoms with E-state index >= 15 is 0 Å². The van der Waals surface area contributed by atoms with Gasteiger partial charge in [0, 0.05) is 5.56 Å². The van der Waals surface area contributed by atoms with Gasteiger partial charge in [0.2, 0.25) is 0 Å². The normalized spacial score (nSPS) is 10.7. The molecule has 2 N–H and O–H groups in total. The molecule has 1 heterocycles. The molecule has 0 aliphatic heterocycles. The summed E-state index contributed by atoms with van der Waals surface area (Å²) in [5, 5.41) is 0. The lowest BCUT2D eigenvalue weighted by molar-refractivity contribution is 0.416. The molecule has 0 aliphatic rings. The molecule has 0 radical (unpaired) electrons. The maximum absolute atomic E-state index is 6.06. The largest absolute Gasteiger partial charge is 0.496 e. The molecule has 0 saturated carbocycles. The number of methoxy groups -OCH3 is 1. The van der Waals surface area contributed by atoms with Crippen molar-refractivity contribution < 1.29 is 4.74 Å². The van der Waals surface area contributed by atoms with Gasteiger partial charge < -0.3 is 10.5 Å². The predicted octanol–water partition coefficient (Wildman–Crippen LogP) is 3.20. The third kappa shape index (κ3) is 2.05. The van der Waals surface area contributed by atoms with Gasteiger partial charge in [-0.15, -0.1) is 0 Å². The summed E-state index contributed by atoms with van der Waals surface area (Å²) in [6, 6.07) is 13.6. The van der Waals surface area contributed by atoms with E-state index in [0.29, 0.717) is 11.5 Å². The van der Waals surface area contributed by atoms with E-state index in [4.69, 9.17) is 10.5 Å². The zero-order valence-electron chi connectivity index (χ0n) is 11.4. The Morgan fingerprint density at radius 3 is 2.40 bits per heavy atom. The van der Waals surface area contributed by atoms with Crippen molar-refractivity contribution in [3.05, 3.63) is 48.0 Å². The summed E-state index contributed by atoms with van der Waals surface area (Å²) < 4.78 is 5.40. The van der Waals surface area contributed by atoms with Crippen LogP contribution >= 0.6 is 0 Å². The molecular formula is C16H15N3O. The Morgan fingerprint density at radius 1 is 1.00 bits per heavy atom. The fourth-order valence-electron chi connectivity index (χ4n) is 2.22. The zero-order chi connectivity index (χ0) is 14.1. The highest BCUT2D eigenvalue weighted by molar-refractivity contribution is 5.84. The molecule has 4 nitrogen and oxygen atoms in total. The number of para-hydroxylation sites is 2. The van der Waals surface area contributed by atoms with E-state index in [-0.39, 0.29) is 0 Å². The number of fused-ring (bicyclic) bond motifs is 1. The summed E-state index contributed by atoms with van der Waals surface area (Å²) in [6.45, 7) is 2.02. The smallest absolute Gasteiger partial charge is 0.150 e. The monoisotopic (exact) mass is 265 g/mol. The number of hydrogen-bond donors (Lipinski definition) is 1. The molecule has 0 saturated heterocycles. The van der Waals surface area contributed by atoms with Crippen molar-refractivity contribution in [3.63, 3.8) is 0 Å². The van der Waals surface area contributed by atoms with Crippen LogP contribution < -0.4 is 10.5 Å². The minimum Gasteiger partial charge on any atom is -0.496 e. The third-order valence-electron chi connectivity index (χ3n) is 3.21. The molecule has 3 rings (SSSR count). The van der Waals surface area contributed by atoms with Crippen LogP contribution in [-0.2, 0) is 0 Å². The summed E-state index contributed by atoms with van der Waals surface area (Å²) in [4.78, 5) is 9.04. The van der Waals surface area contributed by atoms with Crippen LogP contribution in [0, 0.1) is 6.92 Å². The summed E-state index contributed by atoms with van der Waals surface area (Å²) in [7, 11) is 1.64. The molecule has 2 aromatic carbocycles. The van der Waals surface area contributed by atoms with Gasteiger partial charge in [-0.1, -0.05) is 23.8 Å². The standard InChI is InChI=1S/C16H15N3O/c1-10-7-8-14(20-2)11(9-10)15-16(17)19-13-6-4-3-5-12(13)18-15/h3-9H,1-2H3,(H2,17,19). The van der Waals surface area contributed by atoms with Gasteiger partial charge in [-0.3, -0.25) is 0 Å². The fourth-order valence-corrected chi connectivity index (χ4v) is 2.22. The average Bonchev–Trinajstić information content (AvgIpc) is 2.46. The highest BCUT2D eigenvalue weighted by Gasteiger charge is 2.13. The van der Waals surface area contributed by atoms with E-state index < -0.39 is 0 Å². The average molecular weight is 265 g/mol. The number of hydrogen-bond acceptors (Lipinski definition) is 4. The van der Waals surface area contributed by atoms with E-state index in [9.17, 15) is 0 Å². The first kappa shape index (κ1) is 12.4. The van der Waals surface area contributed by atoms with Crippen LogP contribution in [-0.4, -0.2) is 17.1 Å². The number of nitrogen functional groups attached to an aromatic ring is 1. The Morgan fingerprint density at radius 2 is 1.70 bits per heavy atom. The third-order valence-corrected chi connectivity index (χ3v) is 3.21. The lowest BCUT2D eigenvalue weighted by atomic mass is 10.1. The van der Waals surface area contributed by atoms with Gasteiger partial charge in [0.15, 0.2) is 5.82 Å². The van der Waals surface area contributed by atoms with Crippen LogP contribution in [0.3, 0.4) is 0 Å². The molecule has 0 atom stereocenters. The number of benzene rings is 2. The second-order valence-corrected chi connectivity index (χ2v) is 4.65. The summed E-state index contributed by atoms with van der Waals surface area (Å²) in [5.74, 6) is 1.15. The number of nitrogens with two attached hydrogens (primary N) is 1. The van der Waals surface area contributed by atoms with Crippen LogP contribution in [0.25, 0.3) is 22.3 Å². The van der Waals surface area contributed by atoms with Crippen LogP contribution in [0.1, 0.15) is 5.56 Å². The number of nitrogens with zero attached hydrogens (tertiary/aromatic N) is 2. The molecular weight excluding hydrogens is 250 g/mol. The maximum Gasteiger partial charge on any atom is 0.150 e. The molecule has 0 aliphatic carbocycles. The molecule has 1 aromatic heterocycles. The molecule has 0 amide bonds. The second-order valence-electron chi connectivity index (χ2n) is 4.65. The lowest BCUT2D eigenvalue weighted by Crippen LogP contribution is -2.00.